The first kappa shape index (κ1) is 12.0. The van der Waals surface area contributed by atoms with Gasteiger partial charge in [-0.15, -0.1) is 11.3 Å². The van der Waals surface area contributed by atoms with Crippen molar-refractivity contribution >= 4 is 28.2 Å². The van der Waals surface area contributed by atoms with E-state index in [0.29, 0.717) is 23.8 Å². The van der Waals surface area contributed by atoms with Crippen LogP contribution >= 0.6 is 11.3 Å². The summed E-state index contributed by atoms with van der Waals surface area (Å²) in [6.07, 6.45) is 0. The third-order valence-corrected chi connectivity index (χ3v) is 3.46. The lowest BCUT2D eigenvalue weighted by atomic mass is 10.0. The lowest BCUT2D eigenvalue weighted by molar-refractivity contribution is -0.120. The minimum absolute atomic E-state index is 0.236. The fourth-order valence-electron chi connectivity index (χ4n) is 1.65. The number of hydrogen-bond acceptors (Lipinski definition) is 5. The Balaban J connectivity index is 2.07. The first-order chi connectivity index (χ1) is 8.09. The third-order valence-electron chi connectivity index (χ3n) is 2.63. The molecule has 0 radical (unpaired) electrons. The van der Waals surface area contributed by atoms with Gasteiger partial charge in [-0.2, -0.15) is 0 Å². The summed E-state index contributed by atoms with van der Waals surface area (Å²) < 4.78 is 5.11. The number of hydrogen-bond donors (Lipinski definition) is 3. The third kappa shape index (κ3) is 2.46. The van der Waals surface area contributed by atoms with Crippen molar-refractivity contribution in [2.24, 2.45) is 17.4 Å². The molecule has 0 aliphatic carbocycles. The van der Waals surface area contributed by atoms with Crippen molar-refractivity contribution < 1.29 is 14.3 Å². The van der Waals surface area contributed by atoms with Crippen LogP contribution in [0.3, 0.4) is 0 Å². The Morgan fingerprint density at radius 3 is 2.82 bits per heavy atom. The summed E-state index contributed by atoms with van der Waals surface area (Å²) in [5, 5.41) is 4.82. The molecule has 1 fully saturated rings. The average molecular weight is 255 g/mol. The molecule has 1 aliphatic heterocycles. The Kier molecular flexibility index (Phi) is 3.41. The molecule has 2 unspecified atom stereocenters. The molecule has 0 aromatic carbocycles. The Bertz CT molecular complexity index is 446. The summed E-state index contributed by atoms with van der Waals surface area (Å²) in [6.45, 7) is 0.690. The number of nitrogens with two attached hydrogens (primary N) is 2. The number of ether oxygens (including phenoxy) is 1. The topological polar surface area (TPSA) is 107 Å². The van der Waals surface area contributed by atoms with Crippen molar-refractivity contribution in [1.82, 2.24) is 0 Å². The zero-order valence-corrected chi connectivity index (χ0v) is 9.83. The zero-order valence-electron chi connectivity index (χ0n) is 9.01. The summed E-state index contributed by atoms with van der Waals surface area (Å²) in [7, 11) is 0. The molecule has 1 saturated heterocycles. The maximum Gasteiger partial charge on any atom is 0.251 e. The predicted molar refractivity (Wildman–Crippen MR) is 63.8 cm³/mol. The second-order valence-electron chi connectivity index (χ2n) is 3.82. The Labute approximate surface area is 102 Å². The van der Waals surface area contributed by atoms with Gasteiger partial charge < -0.3 is 21.5 Å². The van der Waals surface area contributed by atoms with Gasteiger partial charge in [0.05, 0.1) is 24.7 Å². The maximum atomic E-state index is 11.9. The van der Waals surface area contributed by atoms with Gasteiger partial charge in [-0.3, -0.25) is 9.59 Å². The van der Waals surface area contributed by atoms with E-state index >= 15 is 0 Å². The van der Waals surface area contributed by atoms with E-state index in [-0.39, 0.29) is 17.9 Å². The number of nitrogens with one attached hydrogen (secondary N) is 1. The molecule has 7 heteroatoms. The largest absolute Gasteiger partial charge is 0.379 e. The van der Waals surface area contributed by atoms with E-state index < -0.39 is 5.91 Å². The Morgan fingerprint density at radius 1 is 1.47 bits per heavy atom. The minimum atomic E-state index is -0.562. The normalized spacial score (nSPS) is 23.6. The van der Waals surface area contributed by atoms with Crippen LogP contribution in [0.5, 0.6) is 0 Å². The maximum absolute atomic E-state index is 11.9. The fraction of sp³-hybridized carbons (Fsp3) is 0.400. The second kappa shape index (κ2) is 4.82. The van der Waals surface area contributed by atoms with Crippen molar-refractivity contribution in [3.63, 3.8) is 0 Å². The van der Waals surface area contributed by atoms with Crippen molar-refractivity contribution in [3.8, 4) is 0 Å². The molecule has 6 nitrogen and oxygen atoms in total. The summed E-state index contributed by atoms with van der Waals surface area (Å²) >= 11 is 1.25. The van der Waals surface area contributed by atoms with Crippen molar-refractivity contribution in [1.29, 1.82) is 0 Å². The summed E-state index contributed by atoms with van der Waals surface area (Å²) in [6, 6.07) is 1.28. The molecule has 2 atom stereocenters. The molecule has 0 saturated carbocycles. The molecule has 1 aliphatic rings. The molecule has 2 amide bonds. The van der Waals surface area contributed by atoms with Crippen LogP contribution in [-0.2, 0) is 9.53 Å². The van der Waals surface area contributed by atoms with Crippen LogP contribution in [0, 0.1) is 5.92 Å². The number of amides is 2. The van der Waals surface area contributed by atoms with E-state index in [9.17, 15) is 9.59 Å². The van der Waals surface area contributed by atoms with E-state index in [0.717, 1.165) is 0 Å². The monoisotopic (exact) mass is 255 g/mol. The predicted octanol–water partition coefficient (Wildman–Crippen LogP) is -0.241. The molecule has 5 N–H and O–H groups in total. The van der Waals surface area contributed by atoms with Crippen LogP contribution in [0.25, 0.3) is 0 Å². The molecule has 0 spiro atoms. The van der Waals surface area contributed by atoms with Crippen LogP contribution < -0.4 is 16.8 Å². The highest BCUT2D eigenvalue weighted by atomic mass is 32.1. The molecule has 2 rings (SSSR count). The van der Waals surface area contributed by atoms with E-state index in [4.69, 9.17) is 16.2 Å². The number of carbonyl (C=O) groups is 2. The number of carbonyl (C=O) groups excluding carboxylic acids is 2. The van der Waals surface area contributed by atoms with Gasteiger partial charge in [0.1, 0.15) is 5.00 Å². The van der Waals surface area contributed by atoms with Crippen LogP contribution in [-0.4, -0.2) is 31.1 Å². The highest BCUT2D eigenvalue weighted by molar-refractivity contribution is 7.14. The number of thiophene rings is 1. The van der Waals surface area contributed by atoms with E-state index in [1.54, 1.807) is 11.4 Å². The standard InChI is InChI=1S/C10H13N3O3S/c11-7-4-16-3-6(7)9(15)13-10-5(8(12)14)1-2-17-10/h1-2,6-7H,3-4,11H2,(H2,12,14)(H,13,15). The van der Waals surface area contributed by atoms with Gasteiger partial charge in [-0.1, -0.05) is 0 Å². The van der Waals surface area contributed by atoms with Crippen LogP contribution in [0.2, 0.25) is 0 Å². The molecule has 2 heterocycles. The van der Waals surface area contributed by atoms with Crippen LogP contribution in [0.4, 0.5) is 5.00 Å². The lowest BCUT2D eigenvalue weighted by Crippen LogP contribution is -2.37. The molecule has 92 valence electrons. The van der Waals surface area contributed by atoms with Crippen molar-refractivity contribution in [3.05, 3.63) is 17.0 Å². The van der Waals surface area contributed by atoms with Crippen LogP contribution in [0.15, 0.2) is 11.4 Å². The first-order valence-corrected chi connectivity index (χ1v) is 5.99. The van der Waals surface area contributed by atoms with Crippen molar-refractivity contribution in [2.75, 3.05) is 18.5 Å². The quantitative estimate of drug-likeness (QED) is 0.692. The van der Waals surface area contributed by atoms with Gasteiger partial charge in [0.2, 0.25) is 5.91 Å². The number of anilines is 1. The zero-order chi connectivity index (χ0) is 12.4. The molecule has 1 aromatic rings. The van der Waals surface area contributed by atoms with Gasteiger partial charge >= 0.3 is 0 Å². The smallest absolute Gasteiger partial charge is 0.251 e. The Hall–Kier alpha value is -1.44. The second-order valence-corrected chi connectivity index (χ2v) is 4.74. The fourth-order valence-corrected chi connectivity index (χ4v) is 2.44. The highest BCUT2D eigenvalue weighted by Crippen LogP contribution is 2.24. The summed E-state index contributed by atoms with van der Waals surface area (Å²) in [5.41, 5.74) is 11.2. The minimum Gasteiger partial charge on any atom is -0.379 e. The van der Waals surface area contributed by atoms with Crippen molar-refractivity contribution in [2.45, 2.75) is 6.04 Å². The molecule has 17 heavy (non-hydrogen) atoms. The molecular formula is C10H13N3O3S. The molecule has 1 aromatic heterocycles. The Morgan fingerprint density at radius 2 is 2.24 bits per heavy atom. The molecular weight excluding hydrogens is 242 g/mol. The molecule has 0 bridgehead atoms. The lowest BCUT2D eigenvalue weighted by Gasteiger charge is -2.12. The summed E-state index contributed by atoms with van der Waals surface area (Å²) in [4.78, 5) is 23.0. The van der Waals surface area contributed by atoms with Gasteiger partial charge in [-0.25, -0.2) is 0 Å². The first-order valence-electron chi connectivity index (χ1n) is 5.11. The number of primary amides is 1. The van der Waals surface area contributed by atoms with E-state index in [2.05, 4.69) is 5.32 Å². The van der Waals surface area contributed by atoms with Gasteiger partial charge in [0.15, 0.2) is 0 Å². The van der Waals surface area contributed by atoms with Crippen LogP contribution in [0.1, 0.15) is 10.4 Å². The number of rotatable bonds is 3. The van der Waals surface area contributed by atoms with E-state index in [1.807, 2.05) is 0 Å². The van der Waals surface area contributed by atoms with Gasteiger partial charge in [0.25, 0.3) is 5.91 Å². The SMILES string of the molecule is NC(=O)c1ccsc1NC(=O)C1COCC1N. The van der Waals surface area contributed by atoms with Gasteiger partial charge in [-0.05, 0) is 11.4 Å². The van der Waals surface area contributed by atoms with E-state index in [1.165, 1.54) is 11.3 Å². The summed E-state index contributed by atoms with van der Waals surface area (Å²) in [5.74, 6) is -1.17. The average Bonchev–Trinajstić information content (AvgIpc) is 2.86. The highest BCUT2D eigenvalue weighted by Gasteiger charge is 2.31. The van der Waals surface area contributed by atoms with Gasteiger partial charge in [0, 0.05) is 6.04 Å².